The lowest BCUT2D eigenvalue weighted by Crippen LogP contribution is -2.23. The zero-order valence-electron chi connectivity index (χ0n) is 6.78. The maximum absolute atomic E-state index is 11.8. The molecule has 1 aromatic rings. The van der Waals surface area contributed by atoms with Gasteiger partial charge < -0.3 is 5.73 Å². The highest BCUT2D eigenvalue weighted by molar-refractivity contribution is 5.29. The van der Waals surface area contributed by atoms with Crippen molar-refractivity contribution in [3.63, 3.8) is 0 Å². The van der Waals surface area contributed by atoms with Gasteiger partial charge in [-0.25, -0.2) is 13.6 Å². The van der Waals surface area contributed by atoms with Gasteiger partial charge in [0.2, 0.25) is 6.43 Å². The Kier molecular flexibility index (Phi) is 2.94. The van der Waals surface area contributed by atoms with E-state index in [1.165, 1.54) is 12.4 Å². The third kappa shape index (κ3) is 2.81. The molecule has 0 saturated heterocycles. The van der Waals surface area contributed by atoms with Crippen LogP contribution in [0.25, 0.3) is 0 Å². The van der Waals surface area contributed by atoms with Crippen LogP contribution in [0.3, 0.4) is 0 Å². The lowest BCUT2D eigenvalue weighted by atomic mass is 10.4. The second-order valence-electron chi connectivity index (χ2n) is 2.54. The van der Waals surface area contributed by atoms with Crippen molar-refractivity contribution in [2.75, 3.05) is 5.73 Å². The summed E-state index contributed by atoms with van der Waals surface area (Å²) in [4.78, 5) is 14.3. The third-order valence-corrected chi connectivity index (χ3v) is 1.46. The molecule has 4 nitrogen and oxygen atoms in total. The predicted octanol–water partition coefficient (Wildman–Crippen LogP) is 0.481. The van der Waals surface area contributed by atoms with Gasteiger partial charge in [0, 0.05) is 19.2 Å². The Morgan fingerprint density at radius 2 is 2.31 bits per heavy atom. The SMILES string of the molecule is Nc1cnc(=O)n(CCC(F)F)c1. The molecule has 0 aliphatic rings. The number of aryl methyl sites for hydroxylation is 1. The molecule has 0 spiro atoms. The van der Waals surface area contributed by atoms with Crippen LogP contribution in [-0.2, 0) is 6.54 Å². The first kappa shape index (κ1) is 9.63. The van der Waals surface area contributed by atoms with Gasteiger partial charge in [-0.1, -0.05) is 0 Å². The number of nitrogens with zero attached hydrogens (tertiary/aromatic N) is 2. The number of halogens is 2. The average molecular weight is 189 g/mol. The molecule has 13 heavy (non-hydrogen) atoms. The van der Waals surface area contributed by atoms with Gasteiger partial charge in [0.15, 0.2) is 0 Å². The maximum Gasteiger partial charge on any atom is 0.347 e. The fraction of sp³-hybridized carbons (Fsp3) is 0.429. The molecule has 72 valence electrons. The molecule has 0 aliphatic heterocycles. The number of hydrogen-bond acceptors (Lipinski definition) is 3. The monoisotopic (exact) mass is 189 g/mol. The summed E-state index contributed by atoms with van der Waals surface area (Å²) in [5, 5.41) is 0. The minimum atomic E-state index is -2.42. The van der Waals surface area contributed by atoms with E-state index in [2.05, 4.69) is 4.98 Å². The quantitative estimate of drug-likeness (QED) is 0.752. The summed E-state index contributed by atoms with van der Waals surface area (Å²) in [7, 11) is 0. The predicted molar refractivity (Wildman–Crippen MR) is 43.5 cm³/mol. The molecule has 0 fully saturated rings. The van der Waals surface area contributed by atoms with E-state index in [0.29, 0.717) is 0 Å². The molecule has 0 saturated carbocycles. The molecule has 0 aromatic carbocycles. The molecule has 2 N–H and O–H groups in total. The van der Waals surface area contributed by atoms with Gasteiger partial charge in [-0.3, -0.25) is 4.57 Å². The Morgan fingerprint density at radius 1 is 1.62 bits per heavy atom. The van der Waals surface area contributed by atoms with Gasteiger partial charge in [0.1, 0.15) is 0 Å². The molecule has 0 atom stereocenters. The number of alkyl halides is 2. The molecule has 0 bridgehead atoms. The smallest absolute Gasteiger partial charge is 0.347 e. The number of rotatable bonds is 3. The van der Waals surface area contributed by atoms with Crippen LogP contribution in [-0.4, -0.2) is 16.0 Å². The molecule has 0 unspecified atom stereocenters. The van der Waals surface area contributed by atoms with Crippen molar-refractivity contribution >= 4 is 5.69 Å². The lowest BCUT2D eigenvalue weighted by Gasteiger charge is -2.04. The van der Waals surface area contributed by atoms with Gasteiger partial charge in [0.25, 0.3) is 0 Å². The lowest BCUT2D eigenvalue weighted by molar-refractivity contribution is 0.131. The third-order valence-electron chi connectivity index (χ3n) is 1.46. The number of nitrogens with two attached hydrogens (primary N) is 1. The van der Waals surface area contributed by atoms with E-state index in [4.69, 9.17) is 5.73 Å². The standard InChI is InChI=1S/C7H9F2N3O/c8-6(9)1-2-12-4-5(10)3-11-7(12)13/h3-4,6H,1-2,10H2. The van der Waals surface area contributed by atoms with Crippen LogP contribution in [0.15, 0.2) is 17.2 Å². The van der Waals surface area contributed by atoms with Crippen molar-refractivity contribution in [2.24, 2.45) is 0 Å². The summed E-state index contributed by atoms with van der Waals surface area (Å²) in [5.41, 5.74) is 5.05. The van der Waals surface area contributed by atoms with Crippen molar-refractivity contribution in [3.8, 4) is 0 Å². The van der Waals surface area contributed by atoms with E-state index < -0.39 is 12.1 Å². The summed E-state index contributed by atoms with van der Waals surface area (Å²) in [6.07, 6.45) is -0.294. The van der Waals surface area contributed by atoms with Crippen LogP contribution in [0.4, 0.5) is 14.5 Å². The second-order valence-corrected chi connectivity index (χ2v) is 2.54. The Hall–Kier alpha value is -1.46. The summed E-state index contributed by atoms with van der Waals surface area (Å²) >= 11 is 0. The van der Waals surface area contributed by atoms with Crippen molar-refractivity contribution in [1.82, 2.24) is 9.55 Å². The topological polar surface area (TPSA) is 60.9 Å². The van der Waals surface area contributed by atoms with Gasteiger partial charge in [-0.2, -0.15) is 4.98 Å². The Bertz CT molecular complexity index is 337. The first-order valence-electron chi connectivity index (χ1n) is 3.69. The van der Waals surface area contributed by atoms with Crippen molar-refractivity contribution in [2.45, 2.75) is 19.4 Å². The zero-order chi connectivity index (χ0) is 9.84. The van der Waals surface area contributed by atoms with Crippen LogP contribution in [0, 0.1) is 0 Å². The van der Waals surface area contributed by atoms with Crippen LogP contribution in [0.2, 0.25) is 0 Å². The van der Waals surface area contributed by atoms with E-state index in [9.17, 15) is 13.6 Å². The fourth-order valence-corrected chi connectivity index (χ4v) is 0.869. The van der Waals surface area contributed by atoms with E-state index >= 15 is 0 Å². The maximum atomic E-state index is 11.8. The average Bonchev–Trinajstić information content (AvgIpc) is 2.06. The van der Waals surface area contributed by atoms with Gasteiger partial charge in [-0.05, 0) is 0 Å². The van der Waals surface area contributed by atoms with E-state index in [1.807, 2.05) is 0 Å². The molecule has 1 heterocycles. The highest BCUT2D eigenvalue weighted by Gasteiger charge is 2.04. The van der Waals surface area contributed by atoms with Gasteiger partial charge in [-0.15, -0.1) is 0 Å². The number of anilines is 1. The number of hydrogen-bond donors (Lipinski definition) is 1. The molecule has 0 amide bonds. The highest BCUT2D eigenvalue weighted by Crippen LogP contribution is 2.01. The summed E-state index contributed by atoms with van der Waals surface area (Å²) in [6, 6.07) is 0. The number of nitrogen functional groups attached to an aromatic ring is 1. The summed E-state index contributed by atoms with van der Waals surface area (Å²) in [5.74, 6) is 0. The molecular weight excluding hydrogens is 180 g/mol. The van der Waals surface area contributed by atoms with Crippen LogP contribution < -0.4 is 11.4 Å². The van der Waals surface area contributed by atoms with E-state index in [1.54, 1.807) is 0 Å². The number of aromatic nitrogens is 2. The second kappa shape index (κ2) is 3.97. The van der Waals surface area contributed by atoms with Crippen LogP contribution in [0.5, 0.6) is 0 Å². The largest absolute Gasteiger partial charge is 0.396 e. The summed E-state index contributed by atoms with van der Waals surface area (Å²) < 4.78 is 24.6. The van der Waals surface area contributed by atoms with E-state index in [-0.39, 0.29) is 18.7 Å². The van der Waals surface area contributed by atoms with E-state index in [0.717, 1.165) is 4.57 Å². The van der Waals surface area contributed by atoms with Crippen LogP contribution in [0.1, 0.15) is 6.42 Å². The Morgan fingerprint density at radius 3 is 2.92 bits per heavy atom. The van der Waals surface area contributed by atoms with Gasteiger partial charge in [0.05, 0.1) is 11.9 Å². The van der Waals surface area contributed by atoms with Crippen molar-refractivity contribution in [3.05, 3.63) is 22.9 Å². The van der Waals surface area contributed by atoms with Crippen molar-refractivity contribution in [1.29, 1.82) is 0 Å². The normalized spacial score (nSPS) is 10.7. The Balaban J connectivity index is 2.76. The first-order chi connectivity index (χ1) is 6.09. The van der Waals surface area contributed by atoms with Crippen LogP contribution >= 0.6 is 0 Å². The first-order valence-corrected chi connectivity index (χ1v) is 3.69. The van der Waals surface area contributed by atoms with Crippen molar-refractivity contribution < 1.29 is 8.78 Å². The fourth-order valence-electron chi connectivity index (χ4n) is 0.869. The Labute approximate surface area is 73.0 Å². The molecule has 0 aliphatic carbocycles. The molecule has 6 heteroatoms. The molecule has 1 rings (SSSR count). The highest BCUT2D eigenvalue weighted by atomic mass is 19.3. The summed E-state index contributed by atoms with van der Waals surface area (Å²) in [6.45, 7) is -0.0610. The zero-order valence-corrected chi connectivity index (χ0v) is 6.78. The van der Waals surface area contributed by atoms with Gasteiger partial charge >= 0.3 is 5.69 Å². The minimum absolute atomic E-state index is 0.0610. The molecule has 1 aromatic heterocycles. The minimum Gasteiger partial charge on any atom is -0.396 e. The molecular formula is C7H9F2N3O. The molecule has 0 radical (unpaired) electrons.